The summed E-state index contributed by atoms with van der Waals surface area (Å²) in [5.74, 6) is 0. The van der Waals surface area contributed by atoms with E-state index in [-0.39, 0.29) is 0 Å². The Morgan fingerprint density at radius 2 is 2.22 bits per heavy atom. The number of benzene rings is 1. The van der Waals surface area contributed by atoms with Crippen molar-refractivity contribution in [3.05, 3.63) is 58.4 Å². The van der Waals surface area contributed by atoms with Crippen molar-refractivity contribution in [1.29, 1.82) is 5.26 Å². The first-order valence-electron chi connectivity index (χ1n) is 5.54. The van der Waals surface area contributed by atoms with Gasteiger partial charge in [0.25, 0.3) is 0 Å². The van der Waals surface area contributed by atoms with Crippen LogP contribution in [0.2, 0.25) is 5.02 Å². The van der Waals surface area contributed by atoms with Crippen molar-refractivity contribution in [3.8, 4) is 6.07 Å². The molecule has 0 aliphatic carbocycles. The predicted octanol–water partition coefficient (Wildman–Crippen LogP) is 3.53. The van der Waals surface area contributed by atoms with Crippen LogP contribution >= 0.6 is 11.6 Å². The summed E-state index contributed by atoms with van der Waals surface area (Å²) in [6, 6.07) is 9.44. The number of pyridine rings is 1. The van der Waals surface area contributed by atoms with E-state index in [9.17, 15) is 0 Å². The van der Waals surface area contributed by atoms with Crippen molar-refractivity contribution >= 4 is 17.3 Å². The van der Waals surface area contributed by atoms with Crippen LogP contribution in [-0.4, -0.2) is 4.98 Å². The average molecular weight is 258 g/mol. The van der Waals surface area contributed by atoms with E-state index in [0.717, 1.165) is 16.8 Å². The van der Waals surface area contributed by atoms with Crippen LogP contribution in [-0.2, 0) is 6.54 Å². The van der Waals surface area contributed by atoms with Crippen molar-refractivity contribution in [3.63, 3.8) is 0 Å². The number of nitrogens with zero attached hydrogens (tertiary/aromatic N) is 2. The Kier molecular flexibility index (Phi) is 3.81. The van der Waals surface area contributed by atoms with Gasteiger partial charge < -0.3 is 5.32 Å². The lowest BCUT2D eigenvalue weighted by Gasteiger charge is -2.10. The molecule has 2 aromatic rings. The lowest BCUT2D eigenvalue weighted by molar-refractivity contribution is 1.08. The smallest absolute Gasteiger partial charge is 0.103 e. The van der Waals surface area contributed by atoms with Gasteiger partial charge in [-0.25, -0.2) is 0 Å². The number of aromatic nitrogens is 1. The van der Waals surface area contributed by atoms with Crippen LogP contribution in [0.5, 0.6) is 0 Å². The summed E-state index contributed by atoms with van der Waals surface area (Å²) in [6.45, 7) is 2.65. The number of halogens is 1. The molecule has 0 radical (unpaired) electrons. The Hall–Kier alpha value is -2.05. The highest BCUT2D eigenvalue weighted by molar-refractivity contribution is 6.32. The molecule has 1 N–H and O–H groups in total. The zero-order valence-corrected chi connectivity index (χ0v) is 10.7. The second kappa shape index (κ2) is 5.52. The first kappa shape index (κ1) is 12.4. The molecule has 0 aliphatic rings. The third-order valence-electron chi connectivity index (χ3n) is 2.74. The minimum absolute atomic E-state index is 0.463. The number of rotatable bonds is 3. The molecule has 4 heteroatoms. The minimum Gasteiger partial charge on any atom is -0.380 e. The summed E-state index contributed by atoms with van der Waals surface area (Å²) in [5.41, 5.74) is 3.48. The maximum absolute atomic E-state index is 9.06. The Morgan fingerprint density at radius 1 is 1.39 bits per heavy atom. The van der Waals surface area contributed by atoms with E-state index in [1.165, 1.54) is 0 Å². The molecule has 0 atom stereocenters. The fourth-order valence-corrected chi connectivity index (χ4v) is 1.87. The van der Waals surface area contributed by atoms with Gasteiger partial charge in [-0.3, -0.25) is 4.98 Å². The number of hydrogen-bond donors (Lipinski definition) is 1. The summed E-state index contributed by atoms with van der Waals surface area (Å²) in [7, 11) is 0. The van der Waals surface area contributed by atoms with Gasteiger partial charge in [0.05, 0.1) is 16.3 Å². The summed E-state index contributed by atoms with van der Waals surface area (Å²) < 4.78 is 0. The monoisotopic (exact) mass is 257 g/mol. The Bertz CT molecular complexity index is 602. The average Bonchev–Trinajstić information content (AvgIpc) is 2.38. The van der Waals surface area contributed by atoms with Gasteiger partial charge in [-0.05, 0) is 36.2 Å². The molecule has 1 heterocycles. The van der Waals surface area contributed by atoms with Crippen LogP contribution in [0.3, 0.4) is 0 Å². The molecule has 0 saturated carbocycles. The zero-order chi connectivity index (χ0) is 13.0. The molecule has 1 aromatic carbocycles. The molecule has 18 heavy (non-hydrogen) atoms. The maximum Gasteiger partial charge on any atom is 0.103 e. The minimum atomic E-state index is 0.463. The standard InChI is InChI=1S/C14H12ClN3/c1-10-5-6-17-8-11(10)9-18-14-4-2-3-13(15)12(14)7-16/h2-6,8,18H,9H2,1H3. The highest BCUT2D eigenvalue weighted by Gasteiger charge is 2.06. The highest BCUT2D eigenvalue weighted by atomic mass is 35.5. The van der Waals surface area contributed by atoms with Gasteiger partial charge in [0, 0.05) is 18.9 Å². The molecule has 0 saturated heterocycles. The third-order valence-corrected chi connectivity index (χ3v) is 3.06. The van der Waals surface area contributed by atoms with Gasteiger partial charge in [-0.15, -0.1) is 0 Å². The van der Waals surface area contributed by atoms with Crippen LogP contribution in [0.25, 0.3) is 0 Å². The van der Waals surface area contributed by atoms with E-state index in [4.69, 9.17) is 16.9 Å². The second-order valence-corrected chi connectivity index (χ2v) is 4.34. The number of anilines is 1. The van der Waals surface area contributed by atoms with E-state index in [2.05, 4.69) is 16.4 Å². The second-order valence-electron chi connectivity index (χ2n) is 3.93. The molecule has 90 valence electrons. The van der Waals surface area contributed by atoms with Crippen molar-refractivity contribution in [2.24, 2.45) is 0 Å². The first-order valence-corrected chi connectivity index (χ1v) is 5.92. The lowest BCUT2D eigenvalue weighted by Crippen LogP contribution is -2.03. The van der Waals surface area contributed by atoms with Crippen molar-refractivity contribution < 1.29 is 0 Å². The Morgan fingerprint density at radius 3 is 2.94 bits per heavy atom. The van der Waals surface area contributed by atoms with Crippen LogP contribution in [0.15, 0.2) is 36.7 Å². The Labute approximate surface area is 111 Å². The van der Waals surface area contributed by atoms with Crippen molar-refractivity contribution in [2.75, 3.05) is 5.32 Å². The molecule has 0 aliphatic heterocycles. The quantitative estimate of drug-likeness (QED) is 0.915. The summed E-state index contributed by atoms with van der Waals surface area (Å²) in [5, 5.41) is 12.7. The molecule has 0 amide bonds. The van der Waals surface area contributed by atoms with Crippen LogP contribution < -0.4 is 5.32 Å². The number of aryl methyl sites for hydroxylation is 1. The number of nitriles is 1. The maximum atomic E-state index is 9.06. The molecule has 0 fully saturated rings. The van der Waals surface area contributed by atoms with E-state index in [0.29, 0.717) is 17.1 Å². The molecule has 0 spiro atoms. The van der Waals surface area contributed by atoms with Gasteiger partial charge in [-0.1, -0.05) is 17.7 Å². The fourth-order valence-electron chi connectivity index (χ4n) is 1.66. The molecule has 2 rings (SSSR count). The molecule has 3 nitrogen and oxygen atoms in total. The van der Waals surface area contributed by atoms with Gasteiger partial charge in [0.15, 0.2) is 0 Å². The predicted molar refractivity (Wildman–Crippen MR) is 72.5 cm³/mol. The first-order chi connectivity index (χ1) is 8.72. The van der Waals surface area contributed by atoms with E-state index in [1.807, 2.05) is 31.3 Å². The third kappa shape index (κ3) is 2.61. The zero-order valence-electron chi connectivity index (χ0n) is 9.94. The molecule has 0 unspecified atom stereocenters. The molecule has 1 aromatic heterocycles. The largest absolute Gasteiger partial charge is 0.380 e. The summed E-state index contributed by atoms with van der Waals surface area (Å²) in [4.78, 5) is 4.09. The normalized spacial score (nSPS) is 9.83. The van der Waals surface area contributed by atoms with E-state index >= 15 is 0 Å². The van der Waals surface area contributed by atoms with Gasteiger partial charge in [0.1, 0.15) is 6.07 Å². The van der Waals surface area contributed by atoms with Gasteiger partial charge >= 0.3 is 0 Å². The van der Waals surface area contributed by atoms with Gasteiger partial charge in [0.2, 0.25) is 0 Å². The molecular weight excluding hydrogens is 246 g/mol. The Balaban J connectivity index is 2.19. The number of nitrogens with one attached hydrogen (secondary N) is 1. The van der Waals surface area contributed by atoms with E-state index in [1.54, 1.807) is 12.3 Å². The van der Waals surface area contributed by atoms with Crippen LogP contribution in [0, 0.1) is 18.3 Å². The lowest BCUT2D eigenvalue weighted by atomic mass is 10.1. The topological polar surface area (TPSA) is 48.7 Å². The molecular formula is C14H12ClN3. The van der Waals surface area contributed by atoms with E-state index < -0.39 is 0 Å². The van der Waals surface area contributed by atoms with Crippen molar-refractivity contribution in [1.82, 2.24) is 4.98 Å². The number of hydrogen-bond acceptors (Lipinski definition) is 3. The van der Waals surface area contributed by atoms with Gasteiger partial charge in [-0.2, -0.15) is 5.26 Å². The SMILES string of the molecule is Cc1ccncc1CNc1cccc(Cl)c1C#N. The van der Waals surface area contributed by atoms with Crippen LogP contribution in [0.4, 0.5) is 5.69 Å². The summed E-state index contributed by atoms with van der Waals surface area (Å²) in [6.07, 6.45) is 3.58. The molecule has 0 bridgehead atoms. The fraction of sp³-hybridized carbons (Fsp3) is 0.143. The van der Waals surface area contributed by atoms with Crippen molar-refractivity contribution in [2.45, 2.75) is 13.5 Å². The summed E-state index contributed by atoms with van der Waals surface area (Å²) >= 11 is 5.97. The van der Waals surface area contributed by atoms with Crippen LogP contribution in [0.1, 0.15) is 16.7 Å². The highest BCUT2D eigenvalue weighted by Crippen LogP contribution is 2.23.